The second kappa shape index (κ2) is 3.27. The Hall–Kier alpha value is -0.610. The van der Waals surface area contributed by atoms with Crippen molar-refractivity contribution in [1.29, 1.82) is 0 Å². The van der Waals surface area contributed by atoms with Crippen LogP contribution in [-0.2, 0) is 4.79 Å². The first kappa shape index (κ1) is 10.5. The third-order valence-corrected chi connectivity index (χ3v) is 2.91. The van der Waals surface area contributed by atoms with Crippen LogP contribution in [0.3, 0.4) is 0 Å². The molecule has 1 rings (SSSR count). The molecule has 0 aromatic rings. The molecule has 1 aliphatic carbocycles. The zero-order valence-electron chi connectivity index (χ0n) is 8.24. The average molecular weight is 187 g/mol. The first-order valence-corrected chi connectivity index (χ1v) is 4.52. The number of hydrogen-bond acceptors (Lipinski definition) is 3. The van der Waals surface area contributed by atoms with E-state index in [2.05, 4.69) is 5.32 Å². The monoisotopic (exact) mass is 187 g/mol. The molecule has 13 heavy (non-hydrogen) atoms. The fraction of sp³-hybridized carbons (Fsp3) is 0.889. The summed E-state index contributed by atoms with van der Waals surface area (Å²) in [6.07, 6.45) is -0.758. The van der Waals surface area contributed by atoms with Crippen molar-refractivity contribution in [3.05, 3.63) is 0 Å². The van der Waals surface area contributed by atoms with Crippen LogP contribution in [0.4, 0.5) is 0 Å². The van der Waals surface area contributed by atoms with E-state index in [9.17, 15) is 9.90 Å². The smallest absolute Gasteiger partial charge is 0.248 e. The summed E-state index contributed by atoms with van der Waals surface area (Å²) < 4.78 is 0. The molecule has 3 N–H and O–H groups in total. The van der Waals surface area contributed by atoms with Gasteiger partial charge in [-0.2, -0.15) is 0 Å². The van der Waals surface area contributed by atoms with Crippen LogP contribution in [0.5, 0.6) is 0 Å². The van der Waals surface area contributed by atoms with E-state index in [0.29, 0.717) is 6.42 Å². The zero-order valence-corrected chi connectivity index (χ0v) is 8.24. The Kier molecular flexibility index (Phi) is 2.63. The Labute approximate surface area is 78.0 Å². The average Bonchev–Trinajstić information content (AvgIpc) is 2.03. The lowest BCUT2D eigenvalue weighted by atomic mass is 9.64. The summed E-state index contributed by atoms with van der Waals surface area (Å²) in [6.45, 7) is 5.22. The number of rotatable bonds is 2. The molecule has 0 bridgehead atoms. The topological polar surface area (TPSA) is 69.6 Å². The van der Waals surface area contributed by atoms with Crippen molar-refractivity contribution in [2.24, 2.45) is 5.41 Å². The molecule has 0 spiro atoms. The highest BCUT2D eigenvalue weighted by molar-refractivity contribution is 5.80. The van der Waals surface area contributed by atoms with Crippen molar-refractivity contribution in [1.82, 2.24) is 5.32 Å². The molecule has 0 aromatic carbocycles. The zero-order chi connectivity index (χ0) is 10.2. The van der Waals surface area contributed by atoms with E-state index in [1.54, 1.807) is 0 Å². The van der Waals surface area contributed by atoms with Gasteiger partial charge in [0.05, 0.1) is 6.10 Å². The lowest BCUT2D eigenvalue weighted by Crippen LogP contribution is -2.62. The highest BCUT2D eigenvalue weighted by Crippen LogP contribution is 2.40. The van der Waals surface area contributed by atoms with Gasteiger partial charge in [0.15, 0.2) is 0 Å². The molecule has 0 aliphatic heterocycles. The summed E-state index contributed by atoms with van der Waals surface area (Å²) in [5, 5.41) is 21.0. The van der Waals surface area contributed by atoms with Gasteiger partial charge in [0.25, 0.3) is 0 Å². The van der Waals surface area contributed by atoms with Crippen molar-refractivity contribution < 1.29 is 15.0 Å². The highest BCUT2D eigenvalue weighted by Gasteiger charge is 2.48. The van der Waals surface area contributed by atoms with Crippen LogP contribution in [0.2, 0.25) is 0 Å². The van der Waals surface area contributed by atoms with E-state index in [0.717, 1.165) is 0 Å². The van der Waals surface area contributed by atoms with E-state index in [1.165, 1.54) is 6.92 Å². The molecule has 0 heterocycles. The summed E-state index contributed by atoms with van der Waals surface area (Å²) in [4.78, 5) is 11.1. The van der Waals surface area contributed by atoms with Crippen LogP contribution in [0, 0.1) is 5.41 Å². The van der Waals surface area contributed by atoms with Crippen LogP contribution in [0.25, 0.3) is 0 Å². The van der Waals surface area contributed by atoms with Crippen LogP contribution >= 0.6 is 0 Å². The molecular weight excluding hydrogens is 170 g/mol. The largest absolute Gasteiger partial charge is 0.392 e. The first-order chi connectivity index (χ1) is 5.85. The molecule has 3 atom stereocenters. The molecule has 0 saturated heterocycles. The fourth-order valence-corrected chi connectivity index (χ4v) is 1.44. The van der Waals surface area contributed by atoms with Crippen molar-refractivity contribution >= 4 is 5.91 Å². The standard InChI is InChI=1S/C9H17NO3/c1-5(11)8(13)10-6-4-7(12)9(6,2)3/h5-7,11-12H,4H2,1-3H3,(H,10,13)/t5-,6?,7?/m1/s1. The number of carbonyl (C=O) groups is 1. The summed E-state index contributed by atoms with van der Waals surface area (Å²) in [7, 11) is 0. The van der Waals surface area contributed by atoms with Crippen LogP contribution in [0.1, 0.15) is 27.2 Å². The maximum atomic E-state index is 11.1. The number of aliphatic hydroxyl groups excluding tert-OH is 2. The van der Waals surface area contributed by atoms with Gasteiger partial charge in [-0.25, -0.2) is 0 Å². The van der Waals surface area contributed by atoms with E-state index in [1.807, 2.05) is 13.8 Å². The Morgan fingerprint density at radius 2 is 2.15 bits per heavy atom. The molecule has 0 aromatic heterocycles. The fourth-order valence-electron chi connectivity index (χ4n) is 1.44. The lowest BCUT2D eigenvalue weighted by Gasteiger charge is -2.49. The first-order valence-electron chi connectivity index (χ1n) is 4.52. The number of carbonyl (C=O) groups excluding carboxylic acids is 1. The summed E-state index contributed by atoms with van der Waals surface area (Å²) in [5.74, 6) is -0.370. The number of nitrogens with one attached hydrogen (secondary N) is 1. The van der Waals surface area contributed by atoms with Gasteiger partial charge in [-0.05, 0) is 13.3 Å². The quantitative estimate of drug-likeness (QED) is 0.553. The third-order valence-electron chi connectivity index (χ3n) is 2.91. The molecule has 76 valence electrons. The minimum atomic E-state index is -0.978. The van der Waals surface area contributed by atoms with Crippen molar-refractivity contribution in [2.45, 2.75) is 45.4 Å². The number of amides is 1. The predicted octanol–water partition coefficient (Wildman–Crippen LogP) is -0.357. The third kappa shape index (κ3) is 1.84. The van der Waals surface area contributed by atoms with Gasteiger partial charge in [0.1, 0.15) is 6.10 Å². The predicted molar refractivity (Wildman–Crippen MR) is 48.0 cm³/mol. The summed E-state index contributed by atoms with van der Waals surface area (Å²) >= 11 is 0. The molecular formula is C9H17NO3. The van der Waals surface area contributed by atoms with Gasteiger partial charge in [-0.1, -0.05) is 13.8 Å². The van der Waals surface area contributed by atoms with Gasteiger partial charge in [0.2, 0.25) is 5.91 Å². The Balaban J connectivity index is 2.45. The maximum Gasteiger partial charge on any atom is 0.248 e. The molecule has 1 saturated carbocycles. The summed E-state index contributed by atoms with van der Waals surface area (Å²) in [5.41, 5.74) is -0.273. The molecule has 2 unspecified atom stereocenters. The van der Waals surface area contributed by atoms with Gasteiger partial charge in [0, 0.05) is 11.5 Å². The van der Waals surface area contributed by atoms with Crippen LogP contribution < -0.4 is 5.32 Å². The lowest BCUT2D eigenvalue weighted by molar-refractivity contribution is -0.136. The molecule has 4 heteroatoms. The van der Waals surface area contributed by atoms with E-state index < -0.39 is 6.10 Å². The highest BCUT2D eigenvalue weighted by atomic mass is 16.3. The second-order valence-electron chi connectivity index (χ2n) is 4.31. The minimum absolute atomic E-state index is 0.0235. The number of aliphatic hydroxyl groups is 2. The Bertz CT molecular complexity index is 213. The van der Waals surface area contributed by atoms with Gasteiger partial charge in [-0.3, -0.25) is 4.79 Å². The van der Waals surface area contributed by atoms with Crippen molar-refractivity contribution in [3.63, 3.8) is 0 Å². The normalized spacial score (nSPS) is 33.3. The minimum Gasteiger partial charge on any atom is -0.392 e. The number of hydrogen-bond donors (Lipinski definition) is 3. The molecule has 4 nitrogen and oxygen atoms in total. The molecule has 1 aliphatic rings. The summed E-state index contributed by atoms with van der Waals surface area (Å²) in [6, 6.07) is -0.0235. The molecule has 1 amide bonds. The van der Waals surface area contributed by atoms with Crippen molar-refractivity contribution in [2.75, 3.05) is 0 Å². The Morgan fingerprint density at radius 1 is 1.62 bits per heavy atom. The van der Waals surface area contributed by atoms with Crippen molar-refractivity contribution in [3.8, 4) is 0 Å². The Morgan fingerprint density at radius 3 is 2.46 bits per heavy atom. The van der Waals surface area contributed by atoms with Crippen LogP contribution in [0.15, 0.2) is 0 Å². The maximum absolute atomic E-state index is 11.1. The van der Waals surface area contributed by atoms with E-state index >= 15 is 0 Å². The SMILES string of the molecule is C[C@@H](O)C(=O)NC1CC(O)C1(C)C. The molecule has 0 radical (unpaired) electrons. The molecule has 1 fully saturated rings. The van der Waals surface area contributed by atoms with E-state index in [4.69, 9.17) is 5.11 Å². The van der Waals surface area contributed by atoms with Gasteiger partial charge >= 0.3 is 0 Å². The van der Waals surface area contributed by atoms with Gasteiger partial charge in [-0.15, -0.1) is 0 Å². The van der Waals surface area contributed by atoms with Gasteiger partial charge < -0.3 is 15.5 Å². The van der Waals surface area contributed by atoms with E-state index in [-0.39, 0.29) is 23.5 Å². The van der Waals surface area contributed by atoms with Crippen LogP contribution in [-0.4, -0.2) is 34.4 Å². The second-order valence-corrected chi connectivity index (χ2v) is 4.31.